The Bertz CT molecular complexity index is 1230. The van der Waals surface area contributed by atoms with Crippen molar-refractivity contribution in [2.45, 2.75) is 11.1 Å². The van der Waals surface area contributed by atoms with E-state index in [1.54, 1.807) is 18.2 Å². The van der Waals surface area contributed by atoms with Crippen LogP contribution in [0, 0.1) is 0 Å². The van der Waals surface area contributed by atoms with E-state index in [-0.39, 0.29) is 21.4 Å². The van der Waals surface area contributed by atoms with Crippen LogP contribution >= 0.6 is 11.6 Å². The predicted octanol–water partition coefficient (Wildman–Crippen LogP) is 5.20. The van der Waals surface area contributed by atoms with Gasteiger partial charge in [0.2, 0.25) is 0 Å². The average molecular weight is 499 g/mol. The zero-order chi connectivity index (χ0) is 24.2. The van der Waals surface area contributed by atoms with Gasteiger partial charge in [-0.2, -0.15) is 13.2 Å². The topological polar surface area (TPSA) is 75.7 Å². The van der Waals surface area contributed by atoms with E-state index in [0.29, 0.717) is 5.69 Å². The van der Waals surface area contributed by atoms with Gasteiger partial charge < -0.3 is 10.1 Å². The highest BCUT2D eigenvalue weighted by Gasteiger charge is 2.31. The number of alkyl halides is 3. The number of rotatable bonds is 7. The van der Waals surface area contributed by atoms with Gasteiger partial charge >= 0.3 is 6.18 Å². The van der Waals surface area contributed by atoms with E-state index in [0.717, 1.165) is 22.5 Å². The van der Waals surface area contributed by atoms with Gasteiger partial charge in [-0.3, -0.25) is 9.10 Å². The Morgan fingerprint density at radius 1 is 1.03 bits per heavy atom. The summed E-state index contributed by atoms with van der Waals surface area (Å²) in [7, 11) is -2.34. The van der Waals surface area contributed by atoms with Crippen LogP contribution < -0.4 is 14.4 Å². The van der Waals surface area contributed by atoms with Crippen molar-refractivity contribution in [3.05, 3.63) is 83.4 Å². The third kappa shape index (κ3) is 5.96. The summed E-state index contributed by atoms with van der Waals surface area (Å²) in [6, 6.07) is 16.4. The monoisotopic (exact) mass is 498 g/mol. The molecule has 0 fully saturated rings. The van der Waals surface area contributed by atoms with Gasteiger partial charge in [0.1, 0.15) is 5.75 Å². The molecule has 1 amide bonds. The maximum atomic E-state index is 12.8. The summed E-state index contributed by atoms with van der Waals surface area (Å²) in [5.74, 6) is -0.460. The molecule has 0 saturated carbocycles. The molecule has 3 aromatic carbocycles. The molecule has 33 heavy (non-hydrogen) atoms. The SMILES string of the molecule is CN(c1ccc(OCC(=O)Nc2cc(C(F)(F)F)ccc2Cl)cc1)S(=O)(=O)c1ccccc1. The number of carbonyl (C=O) groups excluding carboxylic acids is 1. The molecule has 0 radical (unpaired) electrons. The molecular weight excluding hydrogens is 481 g/mol. The molecule has 0 atom stereocenters. The predicted molar refractivity (Wildman–Crippen MR) is 119 cm³/mol. The molecule has 0 aliphatic rings. The molecule has 6 nitrogen and oxygen atoms in total. The fourth-order valence-corrected chi connectivity index (χ4v) is 4.16. The van der Waals surface area contributed by atoms with Crippen molar-refractivity contribution in [3.63, 3.8) is 0 Å². The molecule has 0 aliphatic carbocycles. The molecule has 0 unspecified atom stereocenters. The minimum Gasteiger partial charge on any atom is -0.484 e. The van der Waals surface area contributed by atoms with Crippen LogP contribution in [-0.2, 0) is 21.0 Å². The highest BCUT2D eigenvalue weighted by Crippen LogP contribution is 2.33. The smallest absolute Gasteiger partial charge is 0.416 e. The average Bonchev–Trinajstić information content (AvgIpc) is 2.79. The second-order valence-corrected chi connectivity index (χ2v) is 9.19. The maximum Gasteiger partial charge on any atom is 0.416 e. The Morgan fingerprint density at radius 2 is 1.67 bits per heavy atom. The second-order valence-electron chi connectivity index (χ2n) is 6.81. The van der Waals surface area contributed by atoms with Gasteiger partial charge in [0.25, 0.3) is 15.9 Å². The van der Waals surface area contributed by atoms with E-state index in [1.165, 1.54) is 43.4 Å². The summed E-state index contributed by atoms with van der Waals surface area (Å²) < 4.78 is 70.3. The highest BCUT2D eigenvalue weighted by atomic mass is 35.5. The molecule has 3 rings (SSSR count). The summed E-state index contributed by atoms with van der Waals surface area (Å²) >= 11 is 5.86. The van der Waals surface area contributed by atoms with Crippen LogP contribution in [0.5, 0.6) is 5.75 Å². The number of benzene rings is 3. The zero-order valence-electron chi connectivity index (χ0n) is 17.1. The molecule has 3 aromatic rings. The van der Waals surface area contributed by atoms with Crippen LogP contribution in [0.25, 0.3) is 0 Å². The minimum absolute atomic E-state index is 0.0524. The van der Waals surface area contributed by atoms with E-state index in [4.69, 9.17) is 16.3 Å². The lowest BCUT2D eigenvalue weighted by molar-refractivity contribution is -0.137. The molecule has 11 heteroatoms. The summed E-state index contributed by atoms with van der Waals surface area (Å²) in [5, 5.41) is 2.22. The number of sulfonamides is 1. The number of nitrogens with zero attached hydrogens (tertiary/aromatic N) is 1. The first-order valence-electron chi connectivity index (χ1n) is 9.42. The third-order valence-corrected chi connectivity index (χ3v) is 6.67. The van der Waals surface area contributed by atoms with E-state index >= 15 is 0 Å². The number of hydrogen-bond donors (Lipinski definition) is 1. The molecule has 0 bridgehead atoms. The normalized spacial score (nSPS) is 11.7. The maximum absolute atomic E-state index is 12.8. The fraction of sp³-hybridized carbons (Fsp3) is 0.136. The third-order valence-electron chi connectivity index (χ3n) is 4.54. The lowest BCUT2D eigenvalue weighted by Crippen LogP contribution is -2.26. The number of amides is 1. The van der Waals surface area contributed by atoms with Crippen LogP contribution in [0.3, 0.4) is 0 Å². The lowest BCUT2D eigenvalue weighted by atomic mass is 10.2. The number of ether oxygens (including phenoxy) is 1. The van der Waals surface area contributed by atoms with Crippen molar-refractivity contribution >= 4 is 38.9 Å². The van der Waals surface area contributed by atoms with Gasteiger partial charge in [-0.05, 0) is 54.6 Å². The van der Waals surface area contributed by atoms with E-state index in [1.807, 2.05) is 0 Å². The van der Waals surface area contributed by atoms with Gasteiger partial charge in [0.05, 0.1) is 26.9 Å². The molecule has 0 spiro atoms. The minimum atomic E-state index is -4.58. The number of carbonyl (C=O) groups is 1. The van der Waals surface area contributed by atoms with Gasteiger partial charge in [0.15, 0.2) is 6.61 Å². The van der Waals surface area contributed by atoms with Gasteiger partial charge in [0, 0.05) is 7.05 Å². The van der Waals surface area contributed by atoms with Crippen LogP contribution in [0.4, 0.5) is 24.5 Å². The van der Waals surface area contributed by atoms with Crippen molar-refractivity contribution in [2.24, 2.45) is 0 Å². The number of nitrogens with one attached hydrogen (secondary N) is 1. The summed E-state index contributed by atoms with van der Waals surface area (Å²) in [6.45, 7) is -0.496. The van der Waals surface area contributed by atoms with Crippen LogP contribution in [-0.4, -0.2) is 28.0 Å². The van der Waals surface area contributed by atoms with Gasteiger partial charge in [-0.15, -0.1) is 0 Å². The number of anilines is 2. The van der Waals surface area contributed by atoms with Crippen LogP contribution in [0.15, 0.2) is 77.7 Å². The van der Waals surface area contributed by atoms with Crippen LogP contribution in [0.1, 0.15) is 5.56 Å². The zero-order valence-corrected chi connectivity index (χ0v) is 18.7. The Morgan fingerprint density at radius 3 is 2.27 bits per heavy atom. The lowest BCUT2D eigenvalue weighted by Gasteiger charge is -2.19. The Balaban J connectivity index is 1.62. The quantitative estimate of drug-likeness (QED) is 0.486. The Kier molecular flexibility index (Phi) is 7.19. The molecule has 0 aromatic heterocycles. The van der Waals surface area contributed by atoms with Crippen molar-refractivity contribution in [1.82, 2.24) is 0 Å². The van der Waals surface area contributed by atoms with Crippen molar-refractivity contribution in [2.75, 3.05) is 23.3 Å². The summed E-state index contributed by atoms with van der Waals surface area (Å²) in [5.41, 5.74) is -0.775. The number of halogens is 4. The first kappa shape index (κ1) is 24.4. The van der Waals surface area contributed by atoms with Crippen molar-refractivity contribution < 1.29 is 31.1 Å². The van der Waals surface area contributed by atoms with Crippen molar-refractivity contribution in [3.8, 4) is 5.75 Å². The van der Waals surface area contributed by atoms with Crippen LogP contribution in [0.2, 0.25) is 5.02 Å². The van der Waals surface area contributed by atoms with E-state index in [9.17, 15) is 26.4 Å². The first-order valence-corrected chi connectivity index (χ1v) is 11.2. The van der Waals surface area contributed by atoms with Crippen molar-refractivity contribution in [1.29, 1.82) is 0 Å². The molecule has 0 aliphatic heterocycles. The molecule has 0 heterocycles. The Labute approximate surface area is 193 Å². The Hall–Kier alpha value is -3.24. The molecule has 0 saturated heterocycles. The first-order chi connectivity index (χ1) is 15.5. The van der Waals surface area contributed by atoms with Gasteiger partial charge in [-0.1, -0.05) is 29.8 Å². The highest BCUT2D eigenvalue weighted by molar-refractivity contribution is 7.92. The standard InChI is InChI=1S/C22H18ClF3N2O4S/c1-28(33(30,31)18-5-3-2-4-6-18)16-8-10-17(11-9-16)32-14-21(29)27-20-13-15(22(24,25)26)7-12-19(20)23/h2-13H,14H2,1H3,(H,27,29). The molecular formula is C22H18ClF3N2O4S. The number of hydrogen-bond acceptors (Lipinski definition) is 4. The van der Waals surface area contributed by atoms with E-state index in [2.05, 4.69) is 5.32 Å². The van der Waals surface area contributed by atoms with E-state index < -0.39 is 34.3 Å². The molecule has 174 valence electrons. The largest absolute Gasteiger partial charge is 0.484 e. The fourth-order valence-electron chi connectivity index (χ4n) is 2.77. The van der Waals surface area contributed by atoms with Gasteiger partial charge in [-0.25, -0.2) is 8.42 Å². The second kappa shape index (κ2) is 9.72. The summed E-state index contributed by atoms with van der Waals surface area (Å²) in [6.07, 6.45) is -4.58. The summed E-state index contributed by atoms with van der Waals surface area (Å²) in [4.78, 5) is 12.2. The molecule has 1 N–H and O–H groups in total.